The normalized spacial score (nSPS) is 13.0. The van der Waals surface area contributed by atoms with Crippen molar-refractivity contribution < 1.29 is 9.18 Å². The van der Waals surface area contributed by atoms with E-state index in [1.807, 2.05) is 25.3 Å². The molecule has 0 aliphatic carbocycles. The SMILES string of the molecule is CC(NC(=O)Cn1cnc2cccc(F)c21)c1ccc(C(C)(C)C)cn1. The second kappa shape index (κ2) is 6.86. The number of nitrogens with zero attached hydrogens (tertiary/aromatic N) is 3. The van der Waals surface area contributed by atoms with E-state index in [1.165, 1.54) is 17.0 Å². The van der Waals surface area contributed by atoms with Gasteiger partial charge in [-0.05, 0) is 36.1 Å². The number of benzene rings is 1. The third-order valence-electron chi connectivity index (χ3n) is 4.38. The molecular weight excluding hydrogens is 331 g/mol. The van der Waals surface area contributed by atoms with Crippen LogP contribution in [0.5, 0.6) is 0 Å². The lowest BCUT2D eigenvalue weighted by Crippen LogP contribution is -2.30. The Kier molecular flexibility index (Phi) is 4.76. The summed E-state index contributed by atoms with van der Waals surface area (Å²) in [4.78, 5) is 21.0. The molecule has 1 atom stereocenters. The second-order valence-corrected chi connectivity index (χ2v) is 7.49. The van der Waals surface area contributed by atoms with Gasteiger partial charge in [0.25, 0.3) is 0 Å². The summed E-state index contributed by atoms with van der Waals surface area (Å²) in [5, 5.41) is 2.90. The number of fused-ring (bicyclic) bond motifs is 1. The van der Waals surface area contributed by atoms with Gasteiger partial charge in [0.2, 0.25) is 5.91 Å². The highest BCUT2D eigenvalue weighted by molar-refractivity contribution is 5.81. The molecule has 3 rings (SSSR count). The van der Waals surface area contributed by atoms with Gasteiger partial charge in [-0.15, -0.1) is 0 Å². The number of carbonyl (C=O) groups is 1. The van der Waals surface area contributed by atoms with Crippen LogP contribution in [0.15, 0.2) is 42.9 Å². The van der Waals surface area contributed by atoms with Gasteiger partial charge in [-0.1, -0.05) is 32.9 Å². The highest BCUT2D eigenvalue weighted by Gasteiger charge is 2.17. The molecule has 1 N–H and O–H groups in total. The average Bonchev–Trinajstić information content (AvgIpc) is 2.98. The second-order valence-electron chi connectivity index (χ2n) is 7.49. The number of aromatic nitrogens is 3. The molecule has 5 nitrogen and oxygen atoms in total. The van der Waals surface area contributed by atoms with Crippen molar-refractivity contribution in [1.82, 2.24) is 19.9 Å². The predicted molar refractivity (Wildman–Crippen MR) is 99.2 cm³/mol. The average molecular weight is 354 g/mol. The van der Waals surface area contributed by atoms with E-state index in [0.717, 1.165) is 11.3 Å². The van der Waals surface area contributed by atoms with Crippen LogP contribution in [0.25, 0.3) is 11.0 Å². The molecule has 2 aromatic heterocycles. The maximum Gasteiger partial charge on any atom is 0.240 e. The zero-order valence-corrected chi connectivity index (χ0v) is 15.5. The highest BCUT2D eigenvalue weighted by Crippen LogP contribution is 2.22. The maximum atomic E-state index is 14.0. The van der Waals surface area contributed by atoms with Crippen molar-refractivity contribution in [2.45, 2.75) is 45.7 Å². The van der Waals surface area contributed by atoms with E-state index < -0.39 is 0 Å². The molecule has 0 aliphatic heterocycles. The Morgan fingerprint density at radius 2 is 2.00 bits per heavy atom. The summed E-state index contributed by atoms with van der Waals surface area (Å²) < 4.78 is 15.5. The minimum absolute atomic E-state index is 0.00183. The van der Waals surface area contributed by atoms with Crippen LogP contribution >= 0.6 is 0 Å². The first kappa shape index (κ1) is 18.0. The minimum Gasteiger partial charge on any atom is -0.346 e. The molecule has 0 spiro atoms. The Hall–Kier alpha value is -2.76. The van der Waals surface area contributed by atoms with E-state index in [4.69, 9.17) is 0 Å². The zero-order valence-electron chi connectivity index (χ0n) is 15.5. The summed E-state index contributed by atoms with van der Waals surface area (Å²) in [7, 11) is 0. The fraction of sp³-hybridized carbons (Fsp3) is 0.350. The molecule has 1 unspecified atom stereocenters. The Balaban J connectivity index is 1.69. The standard InChI is InChI=1S/C20H23FN4O/c1-13(16-9-8-14(10-22-16)20(2,3)4)24-18(26)11-25-12-23-17-7-5-6-15(21)19(17)25/h5-10,12-13H,11H2,1-4H3,(H,24,26). The lowest BCUT2D eigenvalue weighted by atomic mass is 9.88. The number of halogens is 1. The van der Waals surface area contributed by atoms with Crippen molar-refractivity contribution in [3.63, 3.8) is 0 Å². The zero-order chi connectivity index (χ0) is 18.9. The number of hydrogen-bond donors (Lipinski definition) is 1. The molecule has 2 heterocycles. The van der Waals surface area contributed by atoms with E-state index >= 15 is 0 Å². The molecule has 1 aromatic carbocycles. The minimum atomic E-state index is -0.389. The van der Waals surface area contributed by atoms with Crippen LogP contribution in [0.4, 0.5) is 4.39 Å². The van der Waals surface area contributed by atoms with E-state index in [2.05, 4.69) is 36.1 Å². The van der Waals surface area contributed by atoms with Gasteiger partial charge in [-0.2, -0.15) is 0 Å². The number of pyridine rings is 1. The molecule has 1 amide bonds. The number of nitrogens with one attached hydrogen (secondary N) is 1. The fourth-order valence-corrected chi connectivity index (χ4v) is 2.82. The van der Waals surface area contributed by atoms with Crippen molar-refractivity contribution in [2.75, 3.05) is 0 Å². The van der Waals surface area contributed by atoms with E-state index in [0.29, 0.717) is 11.0 Å². The number of hydrogen-bond acceptors (Lipinski definition) is 3. The van der Waals surface area contributed by atoms with Crippen LogP contribution in [0.2, 0.25) is 0 Å². The smallest absolute Gasteiger partial charge is 0.240 e. The summed E-state index contributed by atoms with van der Waals surface area (Å²) in [6.45, 7) is 8.27. The third-order valence-corrected chi connectivity index (χ3v) is 4.38. The number of para-hydroxylation sites is 1. The van der Waals surface area contributed by atoms with Gasteiger partial charge in [-0.25, -0.2) is 9.37 Å². The van der Waals surface area contributed by atoms with Crippen molar-refractivity contribution >= 4 is 16.9 Å². The first-order chi connectivity index (χ1) is 12.3. The topological polar surface area (TPSA) is 59.8 Å². The molecule has 0 saturated heterocycles. The monoisotopic (exact) mass is 354 g/mol. The molecule has 136 valence electrons. The van der Waals surface area contributed by atoms with E-state index in [-0.39, 0.29) is 29.7 Å². The summed E-state index contributed by atoms with van der Waals surface area (Å²) in [6, 6.07) is 8.40. The van der Waals surface area contributed by atoms with Crippen LogP contribution < -0.4 is 5.32 Å². The summed E-state index contributed by atoms with van der Waals surface area (Å²) >= 11 is 0. The van der Waals surface area contributed by atoms with Gasteiger partial charge >= 0.3 is 0 Å². The molecule has 0 radical (unpaired) electrons. The molecule has 0 aliphatic rings. The van der Waals surface area contributed by atoms with Gasteiger partial charge in [0.15, 0.2) is 0 Å². The van der Waals surface area contributed by atoms with Crippen molar-refractivity contribution in [3.8, 4) is 0 Å². The largest absolute Gasteiger partial charge is 0.346 e. The van der Waals surface area contributed by atoms with Gasteiger partial charge in [0.1, 0.15) is 17.9 Å². The third kappa shape index (κ3) is 3.74. The number of imidazole rings is 1. The van der Waals surface area contributed by atoms with Crippen LogP contribution in [0, 0.1) is 5.82 Å². The first-order valence-corrected chi connectivity index (χ1v) is 8.61. The van der Waals surface area contributed by atoms with E-state index in [1.54, 1.807) is 12.1 Å². The van der Waals surface area contributed by atoms with Gasteiger partial charge in [0.05, 0.1) is 23.6 Å². The lowest BCUT2D eigenvalue weighted by molar-refractivity contribution is -0.122. The van der Waals surface area contributed by atoms with Gasteiger partial charge in [-0.3, -0.25) is 9.78 Å². The maximum absolute atomic E-state index is 14.0. The van der Waals surface area contributed by atoms with Gasteiger partial charge in [0, 0.05) is 6.20 Å². The Morgan fingerprint density at radius 3 is 2.65 bits per heavy atom. The van der Waals surface area contributed by atoms with E-state index in [9.17, 15) is 9.18 Å². The summed E-state index contributed by atoms with van der Waals surface area (Å²) in [6.07, 6.45) is 3.32. The Bertz CT molecular complexity index is 925. The number of amides is 1. The van der Waals surface area contributed by atoms with Crippen molar-refractivity contribution in [2.24, 2.45) is 0 Å². The first-order valence-electron chi connectivity index (χ1n) is 8.61. The van der Waals surface area contributed by atoms with Crippen LogP contribution in [0.3, 0.4) is 0 Å². The summed E-state index contributed by atoms with van der Waals surface area (Å²) in [5.74, 6) is -0.609. The van der Waals surface area contributed by atoms with Crippen LogP contribution in [0.1, 0.15) is 45.0 Å². The molecule has 26 heavy (non-hydrogen) atoms. The van der Waals surface area contributed by atoms with Crippen molar-refractivity contribution in [1.29, 1.82) is 0 Å². The quantitative estimate of drug-likeness (QED) is 0.776. The Morgan fingerprint density at radius 1 is 1.23 bits per heavy atom. The van der Waals surface area contributed by atoms with Crippen LogP contribution in [-0.2, 0) is 16.8 Å². The molecule has 6 heteroatoms. The molecule has 0 fully saturated rings. The number of carbonyl (C=O) groups excluding carboxylic acids is 1. The predicted octanol–water partition coefficient (Wildman–Crippen LogP) is 3.75. The fourth-order valence-electron chi connectivity index (χ4n) is 2.82. The molecular formula is C20H23FN4O. The molecule has 3 aromatic rings. The highest BCUT2D eigenvalue weighted by atomic mass is 19.1. The van der Waals surface area contributed by atoms with Gasteiger partial charge < -0.3 is 9.88 Å². The summed E-state index contributed by atoms with van der Waals surface area (Å²) in [5.41, 5.74) is 2.83. The molecule has 0 bridgehead atoms. The Labute approximate surface area is 152 Å². The van der Waals surface area contributed by atoms with Crippen LogP contribution in [-0.4, -0.2) is 20.4 Å². The number of rotatable bonds is 4. The molecule has 0 saturated carbocycles. The van der Waals surface area contributed by atoms with Crippen molar-refractivity contribution in [3.05, 3.63) is 59.9 Å². The lowest BCUT2D eigenvalue weighted by Gasteiger charge is -2.20.